The molecular formula is C40H54CuF2N10O9. The first-order valence-electron chi connectivity index (χ1n) is 20.3. The number of carbonyl (C=O) groups is 6. The number of hydrogen-bond acceptors (Lipinski definition) is 13. The number of rotatable bonds is 17. The van der Waals surface area contributed by atoms with Gasteiger partial charge in [0.15, 0.2) is 0 Å². The van der Waals surface area contributed by atoms with E-state index in [1.807, 2.05) is 24.1 Å². The second kappa shape index (κ2) is 22.9. The smallest absolute Gasteiger partial charge is 0.320 e. The first-order chi connectivity index (χ1) is 29.0. The molecule has 3 aliphatic heterocycles. The minimum atomic E-state index is -3.16. The average Bonchev–Trinajstić information content (AvgIpc) is 3.59. The molecule has 2 atom stereocenters. The number of piperazine rings is 1. The van der Waals surface area contributed by atoms with Crippen molar-refractivity contribution >= 4 is 52.2 Å². The van der Waals surface area contributed by atoms with Crippen molar-refractivity contribution in [2.75, 3.05) is 117 Å². The van der Waals surface area contributed by atoms with Gasteiger partial charge in [0.1, 0.15) is 12.1 Å². The van der Waals surface area contributed by atoms with Crippen LogP contribution in [0.1, 0.15) is 36.0 Å². The van der Waals surface area contributed by atoms with Crippen molar-refractivity contribution in [3.63, 3.8) is 0 Å². The van der Waals surface area contributed by atoms with E-state index in [9.17, 15) is 58.1 Å². The summed E-state index contributed by atoms with van der Waals surface area (Å²) >= 11 is 0. The van der Waals surface area contributed by atoms with E-state index in [1.165, 1.54) is 12.3 Å². The van der Waals surface area contributed by atoms with Crippen LogP contribution in [0.25, 0.3) is 10.9 Å². The van der Waals surface area contributed by atoms with Crippen molar-refractivity contribution in [1.82, 2.24) is 39.7 Å². The summed E-state index contributed by atoms with van der Waals surface area (Å²) in [5.74, 6) is -7.83. The number of anilines is 1. The Bertz CT molecular complexity index is 1940. The first kappa shape index (κ1) is 49.6. The minimum absolute atomic E-state index is 0. The fourth-order valence-corrected chi connectivity index (χ4v) is 8.05. The quantitative estimate of drug-likeness (QED) is 0.153. The van der Waals surface area contributed by atoms with E-state index in [0.717, 1.165) is 23.6 Å². The van der Waals surface area contributed by atoms with Gasteiger partial charge in [-0.25, -0.2) is 8.78 Å². The summed E-state index contributed by atoms with van der Waals surface area (Å²) in [6.07, 6.45) is 1.58. The monoisotopic (exact) mass is 917 g/mol. The first-order valence-corrected chi connectivity index (χ1v) is 20.3. The van der Waals surface area contributed by atoms with Crippen molar-refractivity contribution in [2.45, 2.75) is 43.7 Å². The third kappa shape index (κ3) is 14.0. The molecule has 1 radical (unpaired) electrons. The Morgan fingerprint density at radius 3 is 2.11 bits per heavy atom. The van der Waals surface area contributed by atoms with Gasteiger partial charge in [-0.05, 0) is 43.7 Å². The van der Waals surface area contributed by atoms with Crippen LogP contribution >= 0.6 is 0 Å². The van der Waals surface area contributed by atoms with Crippen LogP contribution in [-0.4, -0.2) is 215 Å². The van der Waals surface area contributed by atoms with E-state index in [4.69, 9.17) is 0 Å². The van der Waals surface area contributed by atoms with Gasteiger partial charge in [-0.15, -0.1) is 0 Å². The number of amides is 3. The van der Waals surface area contributed by atoms with Crippen molar-refractivity contribution in [3.8, 4) is 6.07 Å². The van der Waals surface area contributed by atoms with Crippen molar-refractivity contribution < 1.29 is 69.9 Å². The number of likely N-dealkylation sites (tertiary alicyclic amines) is 1. The standard InChI is InChI=1S/C40H54F2N10O9.Cu/c1-46(28-3-4-32-31(21-28)30(7-8-44-32)38(59)45-24-35(54)52-27-40(41,42)22-29(52)23-43)9-2-10-47-13-19-51(20-14-47)34(53)6-5-33(39(60)61)50-17-15-48(25-36(55)56)11-12-49(16-18-50)26-37(57)58;/h3-4,7-8,21,29,33H,2,5-6,9-20,22,24-27H2,1H3,(H,45,59)(H,55,56)(H,57,58)(H,60,61);/t29-,33?;/m0./s1/i;1-3. The molecule has 2 aromatic rings. The Hall–Kier alpha value is -5.04. The summed E-state index contributed by atoms with van der Waals surface area (Å²) in [6, 6.07) is 6.46. The van der Waals surface area contributed by atoms with Gasteiger partial charge in [0.05, 0.1) is 43.3 Å². The van der Waals surface area contributed by atoms with Crippen LogP contribution in [-0.2, 0) is 41.0 Å². The van der Waals surface area contributed by atoms with Gasteiger partial charge in [-0.2, -0.15) is 5.26 Å². The zero-order valence-electron chi connectivity index (χ0n) is 34.6. The van der Waals surface area contributed by atoms with Gasteiger partial charge in [0, 0.05) is 126 Å². The van der Waals surface area contributed by atoms with Gasteiger partial charge < -0.3 is 35.3 Å². The molecule has 3 amide bonds. The third-order valence-corrected chi connectivity index (χ3v) is 11.5. The number of carboxylic acids is 3. The topological polar surface area (TPSA) is 234 Å². The molecule has 1 aromatic heterocycles. The molecule has 3 fully saturated rings. The van der Waals surface area contributed by atoms with Crippen molar-refractivity contribution in [3.05, 3.63) is 36.0 Å². The Labute approximate surface area is 368 Å². The molecule has 1 unspecified atom stereocenters. The van der Waals surface area contributed by atoms with Gasteiger partial charge in [0.25, 0.3) is 11.8 Å². The van der Waals surface area contributed by atoms with Crippen LogP contribution < -0.4 is 10.2 Å². The van der Waals surface area contributed by atoms with E-state index < -0.39 is 67.2 Å². The number of aliphatic carboxylic acids is 3. The number of fused-ring (bicyclic) bond motifs is 1. The van der Waals surface area contributed by atoms with Crippen LogP contribution in [0.15, 0.2) is 30.5 Å². The van der Waals surface area contributed by atoms with Gasteiger partial charge in [0.2, 0.25) is 11.8 Å². The molecule has 62 heavy (non-hydrogen) atoms. The van der Waals surface area contributed by atoms with E-state index in [2.05, 4.69) is 15.2 Å². The fraction of sp³-hybridized carbons (Fsp3) is 0.600. The molecule has 4 heterocycles. The molecule has 0 saturated carbocycles. The van der Waals surface area contributed by atoms with Crippen LogP contribution in [0.5, 0.6) is 0 Å². The summed E-state index contributed by atoms with van der Waals surface area (Å²) < 4.78 is 27.7. The van der Waals surface area contributed by atoms with Crippen LogP contribution in [0.4, 0.5) is 14.5 Å². The molecule has 5 rings (SSSR count). The Morgan fingerprint density at radius 1 is 0.903 bits per heavy atom. The number of carbonyl (C=O) groups excluding carboxylic acids is 3. The van der Waals surface area contributed by atoms with Gasteiger partial charge in [-0.1, -0.05) is 0 Å². The van der Waals surface area contributed by atoms with E-state index >= 15 is 0 Å². The maximum Gasteiger partial charge on any atom is 0.320 e. The molecule has 0 bridgehead atoms. The number of halogens is 2. The van der Waals surface area contributed by atoms with Gasteiger partial charge >= 0.3 is 17.9 Å². The number of carboxylic acid groups (broad SMARTS) is 3. The Morgan fingerprint density at radius 2 is 1.52 bits per heavy atom. The number of benzene rings is 1. The van der Waals surface area contributed by atoms with E-state index in [0.29, 0.717) is 56.7 Å². The zero-order valence-corrected chi connectivity index (χ0v) is 35.5. The molecule has 0 spiro atoms. The molecule has 3 aliphatic rings. The SMILES string of the molecule is CN(CCCN1CCN(C(=O)CCC(C(=O)O)N2CCN(CC(=O)O)CCN(CC(=O)O)CC2)CC1)c1ccc2nccc(C(=O)NCC(=O)N3CC(F)(F)C[C@H]3C#N)c2c1.[61Cu]. The molecule has 3 saturated heterocycles. The molecule has 22 heteroatoms. The third-order valence-electron chi connectivity index (χ3n) is 11.5. The number of nitriles is 1. The number of nitrogens with one attached hydrogen (secondary N) is 1. The van der Waals surface area contributed by atoms with E-state index in [-0.39, 0.29) is 80.6 Å². The summed E-state index contributed by atoms with van der Waals surface area (Å²) in [4.78, 5) is 90.6. The number of hydrogen-bond donors (Lipinski definition) is 4. The fourth-order valence-electron chi connectivity index (χ4n) is 8.05. The molecule has 1 aromatic carbocycles. The van der Waals surface area contributed by atoms with Crippen molar-refractivity contribution in [2.24, 2.45) is 0 Å². The molecule has 19 nitrogen and oxygen atoms in total. The maximum atomic E-state index is 13.8. The summed E-state index contributed by atoms with van der Waals surface area (Å²) in [6.45, 7) is 3.49. The molecule has 0 aliphatic carbocycles. The van der Waals surface area contributed by atoms with Crippen LogP contribution in [0.2, 0.25) is 0 Å². The Balaban J connectivity index is 0.00000845. The average molecular weight is 918 g/mol. The van der Waals surface area contributed by atoms with Crippen molar-refractivity contribution in [1.29, 1.82) is 5.26 Å². The van der Waals surface area contributed by atoms with Crippen LogP contribution in [0, 0.1) is 11.3 Å². The summed E-state index contributed by atoms with van der Waals surface area (Å²) in [5.41, 5.74) is 1.62. The summed E-state index contributed by atoms with van der Waals surface area (Å²) in [5, 5.41) is 41.1. The molecular weight excluding hydrogens is 863 g/mol. The number of pyridine rings is 1. The minimum Gasteiger partial charge on any atom is -0.480 e. The molecule has 343 valence electrons. The number of aromatic nitrogens is 1. The summed E-state index contributed by atoms with van der Waals surface area (Å²) in [7, 11) is 1.92. The second-order valence-electron chi connectivity index (χ2n) is 15.7. The predicted molar refractivity (Wildman–Crippen MR) is 216 cm³/mol. The number of nitrogens with zero attached hydrogens (tertiary/aromatic N) is 9. The second-order valence-corrected chi connectivity index (χ2v) is 15.7. The van der Waals surface area contributed by atoms with Gasteiger partial charge in [-0.3, -0.25) is 53.4 Å². The predicted octanol–water partition coefficient (Wildman–Crippen LogP) is 0.0146. The Kier molecular flexibility index (Phi) is 18.3. The largest absolute Gasteiger partial charge is 0.480 e. The zero-order chi connectivity index (χ0) is 44.3. The van der Waals surface area contributed by atoms with Crippen LogP contribution in [0.3, 0.4) is 0 Å². The molecule has 4 N–H and O–H groups in total. The number of alkyl halides is 2. The maximum absolute atomic E-state index is 13.8. The normalized spacial score (nSPS) is 19.6. The van der Waals surface area contributed by atoms with E-state index in [1.54, 1.807) is 31.7 Å².